The van der Waals surface area contributed by atoms with Crippen molar-refractivity contribution in [3.05, 3.63) is 65.2 Å². The standard InChI is InChI=1S/C19H21NO5S/c1-13(15-7-9-17(10-8-15)26(3,24)25)20(2)18(21)12-14-5-4-6-16(11-14)19(22)23/h4-11,13H,12H2,1-3H3,(H,22,23). The molecule has 2 rings (SSSR count). The van der Waals surface area contributed by atoms with Crippen molar-refractivity contribution >= 4 is 21.7 Å². The van der Waals surface area contributed by atoms with Crippen molar-refractivity contribution in [1.29, 1.82) is 0 Å². The largest absolute Gasteiger partial charge is 0.478 e. The molecule has 2 aromatic rings. The maximum absolute atomic E-state index is 12.5. The third-order valence-electron chi connectivity index (χ3n) is 4.29. The Morgan fingerprint density at radius 1 is 1.12 bits per heavy atom. The van der Waals surface area contributed by atoms with Gasteiger partial charge in [-0.1, -0.05) is 24.3 Å². The zero-order chi connectivity index (χ0) is 19.5. The van der Waals surface area contributed by atoms with E-state index in [0.29, 0.717) is 5.56 Å². The number of amides is 1. The molecule has 0 heterocycles. The maximum Gasteiger partial charge on any atom is 0.335 e. The molecule has 0 fully saturated rings. The Morgan fingerprint density at radius 2 is 1.73 bits per heavy atom. The summed E-state index contributed by atoms with van der Waals surface area (Å²) in [4.78, 5) is 25.3. The highest BCUT2D eigenvalue weighted by molar-refractivity contribution is 7.90. The first kappa shape index (κ1) is 19.7. The van der Waals surface area contributed by atoms with Crippen molar-refractivity contribution in [2.24, 2.45) is 0 Å². The van der Waals surface area contributed by atoms with Crippen LogP contribution in [0.1, 0.15) is 34.5 Å². The number of carbonyl (C=O) groups excluding carboxylic acids is 1. The molecule has 6 nitrogen and oxygen atoms in total. The number of aromatic carboxylic acids is 1. The van der Waals surface area contributed by atoms with Crippen LogP contribution in [0.3, 0.4) is 0 Å². The Labute approximate surface area is 153 Å². The van der Waals surface area contributed by atoms with E-state index in [0.717, 1.165) is 11.8 Å². The predicted molar refractivity (Wildman–Crippen MR) is 97.8 cm³/mol. The number of benzene rings is 2. The summed E-state index contributed by atoms with van der Waals surface area (Å²) in [5.41, 5.74) is 1.58. The third-order valence-corrected chi connectivity index (χ3v) is 5.42. The van der Waals surface area contributed by atoms with Gasteiger partial charge >= 0.3 is 5.97 Å². The molecule has 26 heavy (non-hydrogen) atoms. The number of sulfone groups is 1. The van der Waals surface area contributed by atoms with Crippen LogP contribution in [0.15, 0.2) is 53.4 Å². The van der Waals surface area contributed by atoms with Crippen LogP contribution in [0.4, 0.5) is 0 Å². The average Bonchev–Trinajstić information content (AvgIpc) is 2.60. The average molecular weight is 375 g/mol. The smallest absolute Gasteiger partial charge is 0.335 e. The molecule has 0 aliphatic rings. The molecule has 0 aliphatic carbocycles. The molecule has 0 radical (unpaired) electrons. The van der Waals surface area contributed by atoms with Gasteiger partial charge in [-0.2, -0.15) is 0 Å². The number of carbonyl (C=O) groups is 2. The summed E-state index contributed by atoms with van der Waals surface area (Å²) >= 11 is 0. The zero-order valence-corrected chi connectivity index (χ0v) is 15.7. The molecule has 138 valence electrons. The molecule has 1 N–H and O–H groups in total. The summed E-state index contributed by atoms with van der Waals surface area (Å²) in [6.07, 6.45) is 1.23. The molecular weight excluding hydrogens is 354 g/mol. The number of hydrogen-bond acceptors (Lipinski definition) is 4. The van der Waals surface area contributed by atoms with Gasteiger partial charge in [0.05, 0.1) is 22.9 Å². The van der Waals surface area contributed by atoms with Crippen LogP contribution >= 0.6 is 0 Å². The van der Waals surface area contributed by atoms with Gasteiger partial charge in [-0.15, -0.1) is 0 Å². The molecule has 7 heteroatoms. The molecular formula is C19H21NO5S. The lowest BCUT2D eigenvalue weighted by molar-refractivity contribution is -0.131. The van der Waals surface area contributed by atoms with Crippen LogP contribution < -0.4 is 0 Å². The Morgan fingerprint density at radius 3 is 2.27 bits per heavy atom. The van der Waals surface area contributed by atoms with Gasteiger partial charge in [0.2, 0.25) is 5.91 Å². The minimum absolute atomic E-state index is 0.0867. The quantitative estimate of drug-likeness (QED) is 0.838. The van der Waals surface area contributed by atoms with Crippen molar-refractivity contribution in [2.75, 3.05) is 13.3 Å². The lowest BCUT2D eigenvalue weighted by atomic mass is 10.0. The van der Waals surface area contributed by atoms with E-state index in [4.69, 9.17) is 5.11 Å². The maximum atomic E-state index is 12.5. The van der Waals surface area contributed by atoms with E-state index >= 15 is 0 Å². The van der Waals surface area contributed by atoms with Crippen molar-refractivity contribution in [1.82, 2.24) is 4.90 Å². The van der Waals surface area contributed by atoms with Gasteiger partial charge < -0.3 is 10.0 Å². The lowest BCUT2D eigenvalue weighted by Crippen LogP contribution is -2.31. The van der Waals surface area contributed by atoms with E-state index in [1.54, 1.807) is 36.2 Å². The van der Waals surface area contributed by atoms with Gasteiger partial charge in [-0.05, 0) is 42.3 Å². The van der Waals surface area contributed by atoms with Gasteiger partial charge in [0, 0.05) is 13.3 Å². The van der Waals surface area contributed by atoms with Gasteiger partial charge in [0.15, 0.2) is 9.84 Å². The topological polar surface area (TPSA) is 91.8 Å². The second-order valence-electron chi connectivity index (χ2n) is 6.20. The Kier molecular flexibility index (Phi) is 5.82. The van der Waals surface area contributed by atoms with Crippen molar-refractivity contribution < 1.29 is 23.1 Å². The predicted octanol–water partition coefficient (Wildman–Crippen LogP) is 2.55. The molecule has 0 saturated heterocycles. The minimum Gasteiger partial charge on any atom is -0.478 e. The van der Waals surface area contributed by atoms with E-state index in [2.05, 4.69) is 0 Å². The summed E-state index contributed by atoms with van der Waals surface area (Å²) in [5, 5.41) is 9.03. The number of carboxylic acids is 1. The van der Waals surface area contributed by atoms with Crippen LogP contribution in [0.25, 0.3) is 0 Å². The summed E-state index contributed by atoms with van der Waals surface area (Å²) in [7, 11) is -1.60. The second-order valence-corrected chi connectivity index (χ2v) is 8.22. The van der Waals surface area contributed by atoms with Crippen LogP contribution in [0, 0.1) is 0 Å². The summed E-state index contributed by atoms with van der Waals surface area (Å²) in [6.45, 7) is 1.85. The minimum atomic E-state index is -3.26. The summed E-state index contributed by atoms with van der Waals surface area (Å²) < 4.78 is 23.1. The zero-order valence-electron chi connectivity index (χ0n) is 14.8. The summed E-state index contributed by atoms with van der Waals surface area (Å²) in [5.74, 6) is -1.20. The number of carboxylic acid groups (broad SMARTS) is 1. The van der Waals surface area contributed by atoms with Crippen LogP contribution in [-0.2, 0) is 21.1 Å². The van der Waals surface area contributed by atoms with Crippen LogP contribution in [-0.4, -0.2) is 43.6 Å². The molecule has 0 spiro atoms. The second kappa shape index (κ2) is 7.70. The van der Waals surface area contributed by atoms with Gasteiger partial charge in [-0.3, -0.25) is 4.79 Å². The molecule has 0 saturated carbocycles. The fraction of sp³-hybridized carbons (Fsp3) is 0.263. The number of likely N-dealkylation sites (N-methyl/N-ethyl adjacent to an activating group) is 1. The monoisotopic (exact) mass is 375 g/mol. The molecule has 1 unspecified atom stereocenters. The van der Waals surface area contributed by atoms with Crippen molar-refractivity contribution in [3.8, 4) is 0 Å². The van der Waals surface area contributed by atoms with Gasteiger partial charge in [-0.25, -0.2) is 13.2 Å². The molecule has 0 bridgehead atoms. The molecule has 0 aromatic heterocycles. The van der Waals surface area contributed by atoms with E-state index < -0.39 is 15.8 Å². The van der Waals surface area contributed by atoms with E-state index in [9.17, 15) is 18.0 Å². The number of hydrogen-bond donors (Lipinski definition) is 1. The van der Waals surface area contributed by atoms with Crippen LogP contribution in [0.2, 0.25) is 0 Å². The lowest BCUT2D eigenvalue weighted by Gasteiger charge is -2.25. The molecule has 1 amide bonds. The number of rotatable bonds is 6. The SMILES string of the molecule is CC(c1ccc(S(C)(=O)=O)cc1)N(C)C(=O)Cc1cccc(C(=O)O)c1. The van der Waals surface area contributed by atoms with E-state index in [-0.39, 0.29) is 28.8 Å². The van der Waals surface area contributed by atoms with E-state index in [1.165, 1.54) is 24.3 Å². The fourth-order valence-electron chi connectivity index (χ4n) is 2.55. The Hall–Kier alpha value is -2.67. The van der Waals surface area contributed by atoms with Gasteiger partial charge in [0.25, 0.3) is 0 Å². The van der Waals surface area contributed by atoms with Crippen LogP contribution in [0.5, 0.6) is 0 Å². The Bertz CT molecular complexity index is 919. The first-order chi connectivity index (χ1) is 12.1. The highest BCUT2D eigenvalue weighted by Gasteiger charge is 2.19. The fourth-order valence-corrected chi connectivity index (χ4v) is 3.18. The van der Waals surface area contributed by atoms with Crippen molar-refractivity contribution in [2.45, 2.75) is 24.3 Å². The highest BCUT2D eigenvalue weighted by atomic mass is 32.2. The summed E-state index contributed by atoms with van der Waals surface area (Å²) in [6, 6.07) is 12.5. The first-order valence-corrected chi connectivity index (χ1v) is 9.86. The normalized spacial score (nSPS) is 12.4. The number of nitrogens with zero attached hydrogens (tertiary/aromatic N) is 1. The van der Waals surface area contributed by atoms with Crippen molar-refractivity contribution in [3.63, 3.8) is 0 Å². The van der Waals surface area contributed by atoms with Gasteiger partial charge in [0.1, 0.15) is 0 Å². The third kappa shape index (κ3) is 4.70. The van der Waals surface area contributed by atoms with E-state index in [1.807, 2.05) is 6.92 Å². The highest BCUT2D eigenvalue weighted by Crippen LogP contribution is 2.21. The molecule has 2 aromatic carbocycles. The first-order valence-electron chi connectivity index (χ1n) is 7.97. The Balaban J connectivity index is 2.12. The molecule has 0 aliphatic heterocycles. The molecule has 1 atom stereocenters.